The Kier molecular flexibility index (Phi) is 2.32. The van der Waals surface area contributed by atoms with E-state index in [-0.39, 0.29) is 16.8 Å². The van der Waals surface area contributed by atoms with Crippen molar-refractivity contribution in [2.75, 3.05) is 5.73 Å². The van der Waals surface area contributed by atoms with Crippen molar-refractivity contribution in [3.63, 3.8) is 0 Å². The SMILES string of the molecule is CC(O)(c1cccc2[nH]nc(N)c12)C(F)(F)F. The van der Waals surface area contributed by atoms with E-state index >= 15 is 0 Å². The summed E-state index contributed by atoms with van der Waals surface area (Å²) in [5.74, 6) is -0.0693. The smallest absolute Gasteiger partial charge is 0.382 e. The second-order valence-electron chi connectivity index (χ2n) is 3.91. The fourth-order valence-electron chi connectivity index (χ4n) is 1.66. The highest BCUT2D eigenvalue weighted by atomic mass is 19.4. The Bertz CT molecular complexity index is 559. The number of nitrogens with zero attached hydrogens (tertiary/aromatic N) is 1. The fraction of sp³-hybridized carbons (Fsp3) is 0.300. The van der Waals surface area contributed by atoms with E-state index in [1.807, 2.05) is 0 Å². The van der Waals surface area contributed by atoms with Crippen molar-refractivity contribution in [1.29, 1.82) is 0 Å². The van der Waals surface area contributed by atoms with E-state index in [0.717, 1.165) is 0 Å². The Labute approximate surface area is 94.2 Å². The van der Waals surface area contributed by atoms with Crippen molar-refractivity contribution in [1.82, 2.24) is 10.2 Å². The largest absolute Gasteiger partial charge is 0.421 e. The summed E-state index contributed by atoms with van der Waals surface area (Å²) in [6, 6.07) is 4.12. The van der Waals surface area contributed by atoms with Crippen LogP contribution in [0.5, 0.6) is 0 Å². The monoisotopic (exact) mass is 245 g/mol. The highest BCUT2D eigenvalue weighted by Gasteiger charge is 2.52. The number of fused-ring (bicyclic) bond motifs is 1. The average Bonchev–Trinajstić information content (AvgIpc) is 2.59. The van der Waals surface area contributed by atoms with Crippen LogP contribution in [0.15, 0.2) is 18.2 Å². The number of nitrogens with one attached hydrogen (secondary N) is 1. The number of aromatic amines is 1. The highest BCUT2D eigenvalue weighted by Crippen LogP contribution is 2.42. The molecule has 4 nitrogen and oxygen atoms in total. The van der Waals surface area contributed by atoms with Gasteiger partial charge in [0.15, 0.2) is 11.4 Å². The van der Waals surface area contributed by atoms with Crippen LogP contribution in [0.25, 0.3) is 10.9 Å². The number of benzene rings is 1. The third-order valence-corrected chi connectivity index (χ3v) is 2.69. The van der Waals surface area contributed by atoms with Gasteiger partial charge in [-0.1, -0.05) is 12.1 Å². The topological polar surface area (TPSA) is 74.9 Å². The molecular formula is C10H10F3N3O. The maximum Gasteiger partial charge on any atom is 0.421 e. The number of H-pyrrole nitrogens is 1. The number of nitrogen functional groups attached to an aromatic ring is 1. The van der Waals surface area contributed by atoms with Gasteiger partial charge in [0, 0.05) is 10.9 Å². The van der Waals surface area contributed by atoms with Crippen molar-refractivity contribution in [2.24, 2.45) is 0 Å². The zero-order valence-corrected chi connectivity index (χ0v) is 8.84. The van der Waals surface area contributed by atoms with Gasteiger partial charge in [-0.2, -0.15) is 18.3 Å². The van der Waals surface area contributed by atoms with E-state index in [2.05, 4.69) is 10.2 Å². The van der Waals surface area contributed by atoms with Gasteiger partial charge in [-0.25, -0.2) is 0 Å². The first-order chi connectivity index (χ1) is 7.75. The van der Waals surface area contributed by atoms with Crippen molar-refractivity contribution < 1.29 is 18.3 Å². The van der Waals surface area contributed by atoms with Gasteiger partial charge in [0.05, 0.1) is 5.52 Å². The Hall–Kier alpha value is -1.76. The lowest BCUT2D eigenvalue weighted by Gasteiger charge is -2.27. The molecule has 2 rings (SSSR count). The molecule has 0 bridgehead atoms. The predicted molar refractivity (Wildman–Crippen MR) is 56.1 cm³/mol. The van der Waals surface area contributed by atoms with E-state index in [0.29, 0.717) is 12.4 Å². The van der Waals surface area contributed by atoms with Crippen LogP contribution in [0, 0.1) is 0 Å². The first-order valence-electron chi connectivity index (χ1n) is 4.77. The summed E-state index contributed by atoms with van der Waals surface area (Å²) < 4.78 is 38.3. The molecule has 0 saturated heterocycles. The first-order valence-corrected chi connectivity index (χ1v) is 4.77. The van der Waals surface area contributed by atoms with E-state index < -0.39 is 11.8 Å². The van der Waals surface area contributed by atoms with Crippen LogP contribution in [-0.4, -0.2) is 21.5 Å². The summed E-state index contributed by atoms with van der Waals surface area (Å²) in [6.45, 7) is 0.689. The number of anilines is 1. The molecule has 0 aliphatic carbocycles. The number of halogens is 3. The van der Waals surface area contributed by atoms with Crippen LogP contribution >= 0.6 is 0 Å². The summed E-state index contributed by atoms with van der Waals surface area (Å²) >= 11 is 0. The minimum absolute atomic E-state index is 0.0693. The molecule has 0 spiro atoms. The molecule has 0 aliphatic heterocycles. The van der Waals surface area contributed by atoms with Gasteiger partial charge in [0.2, 0.25) is 0 Å². The molecule has 0 amide bonds. The molecule has 0 aliphatic rings. The van der Waals surface area contributed by atoms with E-state index in [1.54, 1.807) is 0 Å². The Morgan fingerprint density at radius 3 is 2.59 bits per heavy atom. The van der Waals surface area contributed by atoms with Gasteiger partial charge < -0.3 is 10.8 Å². The standard InChI is InChI=1S/C10H10F3N3O/c1-9(17,10(11,12)13)5-3-2-4-6-7(5)8(14)16-15-6/h2-4,17H,1H3,(H3,14,15,16). The Morgan fingerprint density at radius 1 is 1.35 bits per heavy atom. The molecule has 2 aromatic rings. The number of alkyl halides is 3. The quantitative estimate of drug-likeness (QED) is 0.718. The third kappa shape index (κ3) is 1.62. The van der Waals surface area contributed by atoms with Crippen LogP contribution < -0.4 is 5.73 Å². The van der Waals surface area contributed by atoms with Crippen LogP contribution in [0.3, 0.4) is 0 Å². The lowest BCUT2D eigenvalue weighted by Crippen LogP contribution is -2.39. The third-order valence-electron chi connectivity index (χ3n) is 2.69. The summed E-state index contributed by atoms with van der Waals surface area (Å²) in [5.41, 5.74) is 2.57. The molecule has 1 atom stereocenters. The lowest BCUT2D eigenvalue weighted by atomic mass is 9.92. The van der Waals surface area contributed by atoms with Gasteiger partial charge in [-0.15, -0.1) is 0 Å². The van der Waals surface area contributed by atoms with E-state index in [1.165, 1.54) is 18.2 Å². The van der Waals surface area contributed by atoms with Crippen LogP contribution in [0.1, 0.15) is 12.5 Å². The normalized spacial score (nSPS) is 16.1. The van der Waals surface area contributed by atoms with E-state index in [4.69, 9.17) is 5.73 Å². The lowest BCUT2D eigenvalue weighted by molar-refractivity contribution is -0.258. The second kappa shape index (κ2) is 3.36. The average molecular weight is 245 g/mol. The summed E-state index contributed by atoms with van der Waals surface area (Å²) in [5, 5.41) is 15.9. The molecular weight excluding hydrogens is 235 g/mol. The minimum Gasteiger partial charge on any atom is -0.382 e. The van der Waals surface area contributed by atoms with Crippen LogP contribution in [-0.2, 0) is 5.60 Å². The Balaban J connectivity index is 2.75. The molecule has 1 aromatic heterocycles. The minimum atomic E-state index is -4.79. The maximum absolute atomic E-state index is 12.8. The fourth-order valence-corrected chi connectivity index (χ4v) is 1.66. The summed E-state index contributed by atoms with van der Waals surface area (Å²) in [7, 11) is 0. The predicted octanol–water partition coefficient (Wildman–Crippen LogP) is 1.91. The number of hydrogen-bond acceptors (Lipinski definition) is 3. The molecule has 7 heteroatoms. The number of hydrogen-bond donors (Lipinski definition) is 3. The first kappa shape index (κ1) is 11.7. The second-order valence-corrected chi connectivity index (χ2v) is 3.91. The van der Waals surface area contributed by atoms with Gasteiger partial charge >= 0.3 is 6.18 Å². The Morgan fingerprint density at radius 2 is 2.00 bits per heavy atom. The molecule has 0 fully saturated rings. The van der Waals surface area contributed by atoms with Crippen molar-refractivity contribution in [3.05, 3.63) is 23.8 Å². The van der Waals surface area contributed by atoms with Gasteiger partial charge in [0.25, 0.3) is 0 Å². The number of aliphatic hydroxyl groups is 1. The van der Waals surface area contributed by atoms with Gasteiger partial charge in [-0.3, -0.25) is 5.10 Å². The molecule has 1 unspecified atom stereocenters. The van der Waals surface area contributed by atoms with Crippen molar-refractivity contribution >= 4 is 16.7 Å². The molecule has 1 heterocycles. The molecule has 4 N–H and O–H groups in total. The van der Waals surface area contributed by atoms with Gasteiger partial charge in [0.1, 0.15) is 0 Å². The van der Waals surface area contributed by atoms with Crippen molar-refractivity contribution in [2.45, 2.75) is 18.7 Å². The number of nitrogens with two attached hydrogens (primary N) is 1. The van der Waals surface area contributed by atoms with Crippen LogP contribution in [0.2, 0.25) is 0 Å². The molecule has 92 valence electrons. The molecule has 0 radical (unpaired) electrons. The highest BCUT2D eigenvalue weighted by molar-refractivity contribution is 5.92. The zero-order chi connectivity index (χ0) is 12.8. The molecule has 0 saturated carbocycles. The molecule has 1 aromatic carbocycles. The number of aromatic nitrogens is 2. The zero-order valence-electron chi connectivity index (χ0n) is 8.84. The summed E-state index contributed by atoms with van der Waals surface area (Å²) in [4.78, 5) is 0. The number of rotatable bonds is 1. The van der Waals surface area contributed by atoms with Crippen LogP contribution in [0.4, 0.5) is 19.0 Å². The van der Waals surface area contributed by atoms with Crippen molar-refractivity contribution in [3.8, 4) is 0 Å². The van der Waals surface area contributed by atoms with E-state index in [9.17, 15) is 18.3 Å². The maximum atomic E-state index is 12.8. The van der Waals surface area contributed by atoms with Gasteiger partial charge in [-0.05, 0) is 13.0 Å². The summed E-state index contributed by atoms with van der Waals surface area (Å²) in [6.07, 6.45) is -4.79. The molecule has 17 heavy (non-hydrogen) atoms.